The highest BCUT2D eigenvalue weighted by molar-refractivity contribution is 5.67. The third-order valence-corrected chi connectivity index (χ3v) is 5.37. The first-order chi connectivity index (χ1) is 8.55. The van der Waals surface area contributed by atoms with Crippen molar-refractivity contribution in [1.29, 1.82) is 0 Å². The molecule has 0 atom stereocenters. The summed E-state index contributed by atoms with van der Waals surface area (Å²) in [6.45, 7) is 2.13. The largest absolute Gasteiger partial charge is 0.481 e. The van der Waals surface area contributed by atoms with Crippen LogP contribution in [0.15, 0.2) is 11.6 Å². The Balaban J connectivity index is 1.71. The quantitative estimate of drug-likeness (QED) is 0.763. The molecule has 0 spiro atoms. The first kappa shape index (κ1) is 12.3. The van der Waals surface area contributed by atoms with Gasteiger partial charge < -0.3 is 5.11 Å². The zero-order valence-electron chi connectivity index (χ0n) is 11.3. The first-order valence-corrected chi connectivity index (χ1v) is 7.45. The molecular weight excluding hydrogens is 224 g/mol. The molecule has 0 saturated heterocycles. The van der Waals surface area contributed by atoms with Gasteiger partial charge >= 0.3 is 5.97 Å². The molecule has 1 N–H and O–H groups in total. The van der Waals surface area contributed by atoms with Crippen molar-refractivity contribution in [2.75, 3.05) is 0 Å². The average Bonchev–Trinajstić information content (AvgIpc) is 2.23. The Bertz CT molecular complexity index is 345. The van der Waals surface area contributed by atoms with E-state index >= 15 is 0 Å². The molecule has 0 amide bonds. The number of hydrogen-bond donors (Lipinski definition) is 1. The SMILES string of the molecule is C/C(=C\C12CC3CC(CC(C3)C1)C2)CCC(=O)O. The lowest BCUT2D eigenvalue weighted by Crippen LogP contribution is -2.45. The highest BCUT2D eigenvalue weighted by atomic mass is 16.4. The Kier molecular flexibility index (Phi) is 2.99. The van der Waals surface area contributed by atoms with Gasteiger partial charge in [0.2, 0.25) is 0 Å². The molecule has 0 aromatic heterocycles. The van der Waals surface area contributed by atoms with E-state index in [1.54, 1.807) is 0 Å². The maximum Gasteiger partial charge on any atom is 0.303 e. The van der Waals surface area contributed by atoms with Crippen LogP contribution in [0.1, 0.15) is 58.3 Å². The summed E-state index contributed by atoms with van der Waals surface area (Å²) in [6, 6.07) is 0. The summed E-state index contributed by atoms with van der Waals surface area (Å²) in [5.41, 5.74) is 1.76. The van der Waals surface area contributed by atoms with Gasteiger partial charge in [-0.15, -0.1) is 0 Å². The molecular formula is C16H24O2. The van der Waals surface area contributed by atoms with Gasteiger partial charge in [-0.25, -0.2) is 0 Å². The van der Waals surface area contributed by atoms with Gasteiger partial charge in [0, 0.05) is 6.42 Å². The fourth-order valence-electron chi connectivity index (χ4n) is 5.25. The van der Waals surface area contributed by atoms with Gasteiger partial charge in [0.05, 0.1) is 0 Å². The van der Waals surface area contributed by atoms with Crippen molar-refractivity contribution >= 4 is 5.97 Å². The number of rotatable bonds is 4. The number of carboxylic acid groups (broad SMARTS) is 1. The molecule has 18 heavy (non-hydrogen) atoms. The van der Waals surface area contributed by atoms with Gasteiger partial charge in [0.15, 0.2) is 0 Å². The summed E-state index contributed by atoms with van der Waals surface area (Å²) in [6.07, 6.45) is 12.0. The minimum atomic E-state index is -0.673. The van der Waals surface area contributed by atoms with Crippen LogP contribution in [0.2, 0.25) is 0 Å². The molecule has 4 aliphatic rings. The Hall–Kier alpha value is -0.790. The second kappa shape index (κ2) is 4.40. The predicted molar refractivity (Wildman–Crippen MR) is 71.2 cm³/mol. The van der Waals surface area contributed by atoms with Gasteiger partial charge in [0.25, 0.3) is 0 Å². The molecule has 0 aliphatic heterocycles. The van der Waals surface area contributed by atoms with Crippen LogP contribution in [-0.2, 0) is 4.79 Å². The molecule has 4 bridgehead atoms. The molecule has 4 aliphatic carbocycles. The summed E-state index contributed by atoms with van der Waals surface area (Å²) in [7, 11) is 0. The Labute approximate surface area is 109 Å². The van der Waals surface area contributed by atoms with Crippen LogP contribution in [0.4, 0.5) is 0 Å². The zero-order valence-corrected chi connectivity index (χ0v) is 11.3. The van der Waals surface area contributed by atoms with Crippen molar-refractivity contribution in [1.82, 2.24) is 0 Å². The standard InChI is InChI=1S/C16H24O2/c1-11(2-3-15(17)18)7-16-8-12-4-13(9-16)6-14(5-12)10-16/h7,12-14H,2-6,8-10H2,1H3,(H,17,18)/b11-7+. The first-order valence-electron chi connectivity index (χ1n) is 7.45. The molecule has 0 unspecified atom stereocenters. The highest BCUT2D eigenvalue weighted by Gasteiger charge is 2.49. The summed E-state index contributed by atoms with van der Waals surface area (Å²) in [5.74, 6) is 2.24. The van der Waals surface area contributed by atoms with Crippen LogP contribution in [-0.4, -0.2) is 11.1 Å². The predicted octanol–water partition coefficient (Wildman–Crippen LogP) is 4.01. The smallest absolute Gasteiger partial charge is 0.303 e. The Morgan fingerprint density at radius 1 is 1.11 bits per heavy atom. The van der Waals surface area contributed by atoms with E-state index < -0.39 is 5.97 Å². The molecule has 2 nitrogen and oxygen atoms in total. The molecule has 4 rings (SSSR count). The van der Waals surface area contributed by atoms with Crippen LogP contribution < -0.4 is 0 Å². The molecule has 0 aromatic rings. The van der Waals surface area contributed by atoms with Crippen LogP contribution >= 0.6 is 0 Å². The number of carbonyl (C=O) groups is 1. The van der Waals surface area contributed by atoms with E-state index in [0.717, 1.165) is 24.2 Å². The molecule has 100 valence electrons. The molecule has 4 saturated carbocycles. The van der Waals surface area contributed by atoms with E-state index in [0.29, 0.717) is 5.41 Å². The molecule has 0 heterocycles. The van der Waals surface area contributed by atoms with Crippen LogP contribution in [0.25, 0.3) is 0 Å². The van der Waals surface area contributed by atoms with Crippen molar-refractivity contribution in [3.8, 4) is 0 Å². The number of carboxylic acids is 1. The van der Waals surface area contributed by atoms with E-state index in [4.69, 9.17) is 5.11 Å². The number of allylic oxidation sites excluding steroid dienone is 2. The number of hydrogen-bond acceptors (Lipinski definition) is 1. The van der Waals surface area contributed by atoms with Crippen molar-refractivity contribution in [2.24, 2.45) is 23.2 Å². The number of aliphatic carboxylic acids is 1. The van der Waals surface area contributed by atoms with Crippen molar-refractivity contribution in [2.45, 2.75) is 58.3 Å². The Morgan fingerprint density at radius 2 is 1.61 bits per heavy atom. The van der Waals surface area contributed by atoms with Crippen molar-refractivity contribution in [3.05, 3.63) is 11.6 Å². The minimum Gasteiger partial charge on any atom is -0.481 e. The van der Waals surface area contributed by atoms with Gasteiger partial charge in [-0.3, -0.25) is 4.79 Å². The third-order valence-electron chi connectivity index (χ3n) is 5.37. The van der Waals surface area contributed by atoms with Crippen LogP contribution in [0.5, 0.6) is 0 Å². The lowest BCUT2D eigenvalue weighted by atomic mass is 9.49. The highest BCUT2D eigenvalue weighted by Crippen LogP contribution is 2.60. The molecule has 4 fully saturated rings. The van der Waals surface area contributed by atoms with Gasteiger partial charge in [-0.2, -0.15) is 0 Å². The fraction of sp³-hybridized carbons (Fsp3) is 0.812. The maximum atomic E-state index is 10.6. The normalized spacial score (nSPS) is 42.3. The lowest BCUT2D eigenvalue weighted by Gasteiger charge is -2.56. The van der Waals surface area contributed by atoms with Gasteiger partial charge in [-0.1, -0.05) is 11.6 Å². The van der Waals surface area contributed by atoms with Crippen LogP contribution in [0.3, 0.4) is 0 Å². The monoisotopic (exact) mass is 248 g/mol. The summed E-state index contributed by atoms with van der Waals surface area (Å²) < 4.78 is 0. The van der Waals surface area contributed by atoms with Gasteiger partial charge in [-0.05, 0) is 75.0 Å². The summed E-state index contributed by atoms with van der Waals surface area (Å²) in [4.78, 5) is 10.6. The maximum absolute atomic E-state index is 10.6. The van der Waals surface area contributed by atoms with E-state index in [9.17, 15) is 4.79 Å². The second-order valence-electron chi connectivity index (χ2n) is 7.16. The van der Waals surface area contributed by atoms with E-state index in [1.165, 1.54) is 44.1 Å². The van der Waals surface area contributed by atoms with E-state index in [-0.39, 0.29) is 6.42 Å². The van der Waals surface area contributed by atoms with E-state index in [1.807, 2.05) is 0 Å². The van der Waals surface area contributed by atoms with Crippen molar-refractivity contribution in [3.63, 3.8) is 0 Å². The summed E-state index contributed by atoms with van der Waals surface area (Å²) >= 11 is 0. The molecule has 0 aromatic carbocycles. The minimum absolute atomic E-state index is 0.286. The second-order valence-corrected chi connectivity index (χ2v) is 7.16. The van der Waals surface area contributed by atoms with Crippen molar-refractivity contribution < 1.29 is 9.90 Å². The topological polar surface area (TPSA) is 37.3 Å². The Morgan fingerprint density at radius 3 is 2.06 bits per heavy atom. The van der Waals surface area contributed by atoms with E-state index in [2.05, 4.69) is 13.0 Å². The fourth-order valence-corrected chi connectivity index (χ4v) is 5.25. The van der Waals surface area contributed by atoms with Crippen LogP contribution in [0, 0.1) is 23.2 Å². The lowest BCUT2D eigenvalue weighted by molar-refractivity contribution is -0.136. The average molecular weight is 248 g/mol. The zero-order chi connectivity index (χ0) is 12.8. The summed E-state index contributed by atoms with van der Waals surface area (Å²) in [5, 5.41) is 8.76. The third kappa shape index (κ3) is 2.34. The molecule has 0 radical (unpaired) electrons. The molecule has 2 heteroatoms. The van der Waals surface area contributed by atoms with Gasteiger partial charge in [0.1, 0.15) is 0 Å².